The van der Waals surface area contributed by atoms with Gasteiger partial charge in [0.1, 0.15) is 5.75 Å². The van der Waals surface area contributed by atoms with Crippen LogP contribution in [0.25, 0.3) is 11.4 Å². The molecule has 9 heteroatoms. The lowest BCUT2D eigenvalue weighted by Gasteiger charge is -2.03. The van der Waals surface area contributed by atoms with Gasteiger partial charge in [-0.25, -0.2) is 0 Å². The molecule has 1 N–H and O–H groups in total. The molecule has 0 saturated carbocycles. The molecule has 0 atom stereocenters. The Hall–Kier alpha value is -3.20. The van der Waals surface area contributed by atoms with E-state index < -0.39 is 5.97 Å². The third-order valence-corrected chi connectivity index (χ3v) is 4.40. The van der Waals surface area contributed by atoms with E-state index in [1.807, 2.05) is 5.38 Å². The summed E-state index contributed by atoms with van der Waals surface area (Å²) >= 11 is 1.34. The van der Waals surface area contributed by atoms with Crippen molar-refractivity contribution in [1.29, 1.82) is 0 Å². The van der Waals surface area contributed by atoms with Gasteiger partial charge in [-0.3, -0.25) is 9.59 Å². The first kappa shape index (κ1) is 18.6. The topological polar surface area (TPSA) is 104 Å². The number of methoxy groups -OCH3 is 1. The Kier molecular flexibility index (Phi) is 6.16. The summed E-state index contributed by atoms with van der Waals surface area (Å²) in [5, 5.41) is 8.33. The van der Waals surface area contributed by atoms with Crippen LogP contribution in [0.2, 0.25) is 0 Å². The second-order valence-electron chi connectivity index (χ2n) is 5.38. The van der Waals surface area contributed by atoms with Gasteiger partial charge in [-0.1, -0.05) is 11.2 Å². The first-order valence-electron chi connectivity index (χ1n) is 8.10. The largest absolute Gasteiger partial charge is 0.497 e. The van der Waals surface area contributed by atoms with Crippen LogP contribution in [0.4, 0.5) is 0 Å². The highest BCUT2D eigenvalue weighted by molar-refractivity contribution is 7.12. The number of ether oxygens (including phenoxy) is 2. The highest BCUT2D eigenvalue weighted by atomic mass is 32.1. The van der Waals surface area contributed by atoms with Crippen LogP contribution in [-0.2, 0) is 16.1 Å². The van der Waals surface area contributed by atoms with Gasteiger partial charge in [0.2, 0.25) is 5.82 Å². The minimum absolute atomic E-state index is 0.0522. The van der Waals surface area contributed by atoms with Gasteiger partial charge in [-0.05, 0) is 35.7 Å². The van der Waals surface area contributed by atoms with E-state index in [0.29, 0.717) is 10.7 Å². The molecule has 0 fully saturated rings. The zero-order valence-electron chi connectivity index (χ0n) is 14.5. The van der Waals surface area contributed by atoms with E-state index in [0.717, 1.165) is 11.3 Å². The van der Waals surface area contributed by atoms with Crippen LogP contribution in [0.3, 0.4) is 0 Å². The molecule has 1 amide bonds. The Morgan fingerprint density at radius 2 is 2.04 bits per heavy atom. The monoisotopic (exact) mass is 387 g/mol. The molecular weight excluding hydrogens is 370 g/mol. The number of thiophene rings is 1. The Morgan fingerprint density at radius 1 is 1.22 bits per heavy atom. The average Bonchev–Trinajstić information content (AvgIpc) is 3.38. The number of esters is 1. The minimum atomic E-state index is -0.467. The van der Waals surface area contributed by atoms with Crippen molar-refractivity contribution in [2.45, 2.75) is 13.0 Å². The minimum Gasteiger partial charge on any atom is -0.497 e. The lowest BCUT2D eigenvalue weighted by molar-refractivity contribution is -0.145. The number of hydrogen-bond donors (Lipinski definition) is 1. The van der Waals surface area contributed by atoms with Crippen LogP contribution in [-0.4, -0.2) is 35.7 Å². The predicted octanol–water partition coefficient (Wildman–Crippen LogP) is 2.67. The molecule has 3 aromatic rings. The van der Waals surface area contributed by atoms with E-state index in [-0.39, 0.29) is 31.4 Å². The molecule has 0 spiro atoms. The second-order valence-corrected chi connectivity index (χ2v) is 6.33. The second kappa shape index (κ2) is 8.95. The third kappa shape index (κ3) is 5.14. The van der Waals surface area contributed by atoms with Crippen LogP contribution >= 0.6 is 11.3 Å². The first-order chi connectivity index (χ1) is 13.2. The number of rotatable bonds is 8. The summed E-state index contributed by atoms with van der Waals surface area (Å²) in [5.74, 6) is 0.635. The van der Waals surface area contributed by atoms with Crippen molar-refractivity contribution in [3.05, 3.63) is 52.5 Å². The normalized spacial score (nSPS) is 10.4. The Bertz CT molecular complexity index is 890. The Morgan fingerprint density at radius 3 is 2.74 bits per heavy atom. The molecule has 0 aliphatic carbocycles. The lowest BCUT2D eigenvalue weighted by atomic mass is 10.2. The van der Waals surface area contributed by atoms with E-state index in [1.54, 1.807) is 43.5 Å². The highest BCUT2D eigenvalue weighted by Crippen LogP contribution is 2.19. The van der Waals surface area contributed by atoms with Crippen molar-refractivity contribution in [2.24, 2.45) is 0 Å². The van der Waals surface area contributed by atoms with Crippen molar-refractivity contribution in [1.82, 2.24) is 15.5 Å². The Labute approximate surface area is 159 Å². The summed E-state index contributed by atoms with van der Waals surface area (Å²) in [5.41, 5.74) is 0.758. The molecule has 0 aliphatic rings. The number of hydrogen-bond acceptors (Lipinski definition) is 8. The lowest BCUT2D eigenvalue weighted by Crippen LogP contribution is -2.25. The van der Waals surface area contributed by atoms with Gasteiger partial charge in [0, 0.05) is 12.1 Å². The van der Waals surface area contributed by atoms with Crippen molar-refractivity contribution in [3.63, 3.8) is 0 Å². The molecule has 0 bridgehead atoms. The highest BCUT2D eigenvalue weighted by Gasteiger charge is 2.12. The van der Waals surface area contributed by atoms with Gasteiger partial charge in [-0.2, -0.15) is 4.98 Å². The van der Waals surface area contributed by atoms with Crippen LogP contribution < -0.4 is 10.1 Å². The van der Waals surface area contributed by atoms with Crippen molar-refractivity contribution >= 4 is 23.2 Å². The SMILES string of the molecule is COc1ccc(-c2noc(COC(=O)CCNC(=O)c3cccs3)n2)cc1. The number of carbonyl (C=O) groups excluding carboxylic acids is 2. The quantitative estimate of drug-likeness (QED) is 0.593. The maximum atomic E-state index is 11.8. The fourth-order valence-electron chi connectivity index (χ4n) is 2.16. The summed E-state index contributed by atoms with van der Waals surface area (Å²) in [4.78, 5) is 28.3. The maximum Gasteiger partial charge on any atom is 0.308 e. The van der Waals surface area contributed by atoms with Gasteiger partial charge in [0.15, 0.2) is 6.61 Å². The summed E-state index contributed by atoms with van der Waals surface area (Å²) in [6.45, 7) is 0.0668. The summed E-state index contributed by atoms with van der Waals surface area (Å²) < 4.78 is 15.3. The molecular formula is C18H17N3O5S. The van der Waals surface area contributed by atoms with Gasteiger partial charge in [-0.15, -0.1) is 11.3 Å². The number of nitrogens with one attached hydrogen (secondary N) is 1. The molecule has 2 heterocycles. The van der Waals surface area contributed by atoms with Gasteiger partial charge >= 0.3 is 5.97 Å². The van der Waals surface area contributed by atoms with Crippen LogP contribution in [0.1, 0.15) is 22.0 Å². The fourth-order valence-corrected chi connectivity index (χ4v) is 2.80. The molecule has 3 rings (SSSR count). The Balaban J connectivity index is 1.42. The predicted molar refractivity (Wildman–Crippen MR) is 97.4 cm³/mol. The number of aromatic nitrogens is 2. The molecule has 8 nitrogen and oxygen atoms in total. The first-order valence-corrected chi connectivity index (χ1v) is 8.98. The van der Waals surface area contributed by atoms with Crippen molar-refractivity contribution < 1.29 is 23.6 Å². The van der Waals surface area contributed by atoms with E-state index in [1.165, 1.54) is 11.3 Å². The van der Waals surface area contributed by atoms with Gasteiger partial charge < -0.3 is 19.3 Å². The molecule has 0 aliphatic heterocycles. The number of benzene rings is 1. The van der Waals surface area contributed by atoms with Crippen LogP contribution in [0, 0.1) is 0 Å². The van der Waals surface area contributed by atoms with E-state index in [2.05, 4.69) is 15.5 Å². The standard InChI is InChI=1S/C18H17N3O5S/c1-24-13-6-4-12(5-7-13)17-20-15(26-21-17)11-25-16(22)8-9-19-18(23)14-3-2-10-27-14/h2-7,10H,8-9,11H2,1H3,(H,19,23). The molecule has 1 aromatic carbocycles. The maximum absolute atomic E-state index is 11.8. The number of amides is 1. The number of nitrogens with zero attached hydrogens (tertiary/aromatic N) is 2. The van der Waals surface area contributed by atoms with Gasteiger partial charge in [0.25, 0.3) is 11.8 Å². The van der Waals surface area contributed by atoms with Crippen molar-refractivity contribution in [2.75, 3.05) is 13.7 Å². The van der Waals surface area contributed by atoms with E-state index in [4.69, 9.17) is 14.0 Å². The fraction of sp³-hybridized carbons (Fsp3) is 0.222. The molecule has 140 valence electrons. The molecule has 27 heavy (non-hydrogen) atoms. The molecule has 0 radical (unpaired) electrons. The zero-order valence-corrected chi connectivity index (χ0v) is 15.3. The molecule has 0 unspecified atom stereocenters. The van der Waals surface area contributed by atoms with Gasteiger partial charge in [0.05, 0.1) is 18.4 Å². The van der Waals surface area contributed by atoms with Crippen molar-refractivity contribution in [3.8, 4) is 17.1 Å². The molecule has 0 saturated heterocycles. The summed E-state index contributed by atoms with van der Waals surface area (Å²) in [6, 6.07) is 10.7. The summed E-state index contributed by atoms with van der Waals surface area (Å²) in [6.07, 6.45) is 0.0522. The zero-order chi connectivity index (χ0) is 19.1. The van der Waals surface area contributed by atoms with E-state index in [9.17, 15) is 9.59 Å². The summed E-state index contributed by atoms with van der Waals surface area (Å²) in [7, 11) is 1.59. The average molecular weight is 387 g/mol. The molecule has 2 aromatic heterocycles. The smallest absolute Gasteiger partial charge is 0.308 e. The van der Waals surface area contributed by atoms with Crippen LogP contribution in [0.5, 0.6) is 5.75 Å². The van der Waals surface area contributed by atoms with Crippen LogP contribution in [0.15, 0.2) is 46.3 Å². The third-order valence-electron chi connectivity index (χ3n) is 3.53. The number of carbonyl (C=O) groups is 2. The van der Waals surface area contributed by atoms with E-state index >= 15 is 0 Å².